The molecule has 0 atom stereocenters. The van der Waals surface area contributed by atoms with Crippen molar-refractivity contribution < 1.29 is 8.83 Å². The molecule has 54 heavy (non-hydrogen) atoms. The maximum absolute atomic E-state index is 6.35. The van der Waals surface area contributed by atoms with Crippen LogP contribution in [0.5, 0.6) is 0 Å². The second kappa shape index (κ2) is 12.1. The minimum absolute atomic E-state index is 0.880. The minimum atomic E-state index is 0.880. The van der Waals surface area contributed by atoms with E-state index in [0.717, 1.165) is 119 Å². The highest BCUT2D eigenvalue weighted by Crippen LogP contribution is 2.41. The highest BCUT2D eigenvalue weighted by atomic mass is 16.3. The Morgan fingerprint density at radius 1 is 0.481 bits per heavy atom. The van der Waals surface area contributed by atoms with E-state index < -0.39 is 0 Å². The quantitative estimate of drug-likeness (QED) is 0.168. The first-order valence-electron chi connectivity index (χ1n) is 18.7. The number of furan rings is 2. The Morgan fingerprint density at radius 3 is 1.96 bits per heavy atom. The third-order valence-corrected chi connectivity index (χ3v) is 11.2. The molecular formula is C50H34N2O2. The van der Waals surface area contributed by atoms with Crippen molar-refractivity contribution >= 4 is 60.8 Å². The number of para-hydroxylation sites is 1. The van der Waals surface area contributed by atoms with E-state index in [9.17, 15) is 0 Å². The topological polar surface area (TPSA) is 52.1 Å². The second-order valence-corrected chi connectivity index (χ2v) is 14.3. The van der Waals surface area contributed by atoms with Crippen LogP contribution in [0.1, 0.15) is 31.1 Å². The molecule has 0 saturated carbocycles. The molecule has 0 spiro atoms. The molecule has 1 aliphatic rings. The van der Waals surface area contributed by atoms with E-state index in [0.29, 0.717) is 0 Å². The Hall–Kier alpha value is -6.78. The first kappa shape index (κ1) is 30.8. The highest BCUT2D eigenvalue weighted by molar-refractivity contribution is 6.08. The van der Waals surface area contributed by atoms with E-state index in [1.807, 2.05) is 18.2 Å². The van der Waals surface area contributed by atoms with Gasteiger partial charge in [0.1, 0.15) is 22.5 Å². The van der Waals surface area contributed by atoms with Crippen molar-refractivity contribution in [2.75, 3.05) is 0 Å². The van der Waals surface area contributed by atoms with Gasteiger partial charge in [-0.2, -0.15) is 0 Å². The number of benzene rings is 6. The summed E-state index contributed by atoms with van der Waals surface area (Å²) in [5.74, 6) is 1.09. The molecule has 0 unspecified atom stereocenters. The van der Waals surface area contributed by atoms with Crippen LogP contribution in [0.2, 0.25) is 0 Å². The van der Waals surface area contributed by atoms with E-state index >= 15 is 0 Å². The van der Waals surface area contributed by atoms with Crippen molar-refractivity contribution in [2.24, 2.45) is 0 Å². The van der Waals surface area contributed by atoms with Crippen LogP contribution in [0.25, 0.3) is 106 Å². The largest absolute Gasteiger partial charge is 0.460 e. The number of nitrogens with zero attached hydrogens (tertiary/aromatic N) is 2. The van der Waals surface area contributed by atoms with Crippen molar-refractivity contribution in [3.63, 3.8) is 0 Å². The molecule has 0 fully saturated rings. The maximum Gasteiger partial charge on any atom is 0.135 e. The van der Waals surface area contributed by atoms with Crippen LogP contribution >= 0.6 is 0 Å². The molecule has 256 valence electrons. The zero-order valence-electron chi connectivity index (χ0n) is 29.8. The van der Waals surface area contributed by atoms with E-state index in [1.54, 1.807) is 0 Å². The van der Waals surface area contributed by atoms with Gasteiger partial charge in [0.05, 0.1) is 22.4 Å². The highest BCUT2D eigenvalue weighted by Gasteiger charge is 2.20. The van der Waals surface area contributed by atoms with Crippen LogP contribution in [-0.2, 0) is 6.42 Å². The van der Waals surface area contributed by atoms with Crippen molar-refractivity contribution in [1.29, 1.82) is 0 Å². The van der Waals surface area contributed by atoms with E-state index in [1.165, 1.54) is 16.5 Å². The van der Waals surface area contributed by atoms with Gasteiger partial charge in [-0.05, 0) is 83.6 Å². The van der Waals surface area contributed by atoms with Crippen LogP contribution in [0, 0.1) is 0 Å². The zero-order chi connectivity index (χ0) is 35.8. The summed E-state index contributed by atoms with van der Waals surface area (Å²) in [6.45, 7) is 2.24. The lowest BCUT2D eigenvalue weighted by Gasteiger charge is -2.14. The van der Waals surface area contributed by atoms with Crippen LogP contribution in [0.4, 0.5) is 0 Å². The zero-order valence-corrected chi connectivity index (χ0v) is 29.8. The number of fused-ring (bicyclic) bond motifs is 9. The summed E-state index contributed by atoms with van der Waals surface area (Å²) in [5.41, 5.74) is 15.7. The van der Waals surface area contributed by atoms with Gasteiger partial charge in [-0.15, -0.1) is 0 Å². The minimum Gasteiger partial charge on any atom is -0.460 e. The summed E-state index contributed by atoms with van der Waals surface area (Å²) in [6.07, 6.45) is 5.43. The number of pyridine rings is 2. The fourth-order valence-electron chi connectivity index (χ4n) is 8.29. The molecule has 0 saturated heterocycles. The van der Waals surface area contributed by atoms with Gasteiger partial charge < -0.3 is 8.83 Å². The SMILES string of the molecule is CCC1=Cc2c(oc3ccc(-c4ccc(-c5ccc6oc7ccccc7c6c5)c(-c5ccc6ccc7ccc(-c8ccccc8)nc7c6n5)c4)cc23)CC1. The molecule has 10 aromatic rings. The number of hydrogen-bond acceptors (Lipinski definition) is 4. The van der Waals surface area contributed by atoms with Crippen molar-refractivity contribution in [1.82, 2.24) is 9.97 Å². The first-order valence-corrected chi connectivity index (χ1v) is 18.7. The number of aryl methyl sites for hydroxylation is 1. The maximum atomic E-state index is 6.35. The van der Waals surface area contributed by atoms with Crippen LogP contribution < -0.4 is 0 Å². The van der Waals surface area contributed by atoms with E-state index in [4.69, 9.17) is 18.8 Å². The smallest absolute Gasteiger partial charge is 0.135 e. The van der Waals surface area contributed by atoms with Crippen molar-refractivity contribution in [3.8, 4) is 44.8 Å². The molecule has 4 aromatic heterocycles. The number of allylic oxidation sites excluding steroid dienone is 1. The lowest BCUT2D eigenvalue weighted by atomic mass is 9.91. The molecule has 0 bridgehead atoms. The number of rotatable bonds is 5. The fourth-order valence-corrected chi connectivity index (χ4v) is 8.29. The van der Waals surface area contributed by atoms with Crippen molar-refractivity contribution in [2.45, 2.75) is 26.2 Å². The monoisotopic (exact) mass is 694 g/mol. The summed E-state index contributed by atoms with van der Waals surface area (Å²) in [6, 6.07) is 51.4. The van der Waals surface area contributed by atoms with Gasteiger partial charge in [-0.3, -0.25) is 0 Å². The Bertz CT molecular complexity index is 3150. The molecular weight excluding hydrogens is 661 g/mol. The normalized spacial score (nSPS) is 12.9. The molecule has 4 heteroatoms. The van der Waals surface area contributed by atoms with Crippen LogP contribution in [-0.4, -0.2) is 9.97 Å². The molecule has 6 aromatic carbocycles. The fraction of sp³-hybridized carbons (Fsp3) is 0.0800. The standard InChI is InChI=1S/C50H34N2O2/c1-2-30-12-23-46-40(26-30)42-28-35(18-24-48(42)54-46)34-15-20-37(36-19-25-47-41(29-36)38-10-6-7-11-45(38)53-47)39(27-34)44-22-17-33-14-13-32-16-21-43(31-8-4-3-5-9-31)51-49(32)50(33)52-44/h3-11,13-22,24-29H,2,12,23H2,1H3. The molecule has 11 rings (SSSR count). The molecule has 0 radical (unpaired) electrons. The Kier molecular flexibility index (Phi) is 6.93. The summed E-state index contributed by atoms with van der Waals surface area (Å²) in [5, 5.41) is 5.51. The Morgan fingerprint density at radius 2 is 1.13 bits per heavy atom. The molecule has 4 heterocycles. The van der Waals surface area contributed by atoms with Gasteiger partial charge >= 0.3 is 0 Å². The van der Waals surface area contributed by atoms with Gasteiger partial charge in [0.25, 0.3) is 0 Å². The molecule has 4 nitrogen and oxygen atoms in total. The molecule has 0 aliphatic heterocycles. The van der Waals surface area contributed by atoms with Gasteiger partial charge in [-0.1, -0.05) is 116 Å². The third kappa shape index (κ3) is 4.98. The van der Waals surface area contributed by atoms with Gasteiger partial charge in [-0.25, -0.2) is 9.97 Å². The lowest BCUT2D eigenvalue weighted by molar-refractivity contribution is 0.541. The van der Waals surface area contributed by atoms with Gasteiger partial charge in [0, 0.05) is 50.0 Å². The predicted octanol–water partition coefficient (Wildman–Crippen LogP) is 13.8. The lowest BCUT2D eigenvalue weighted by Crippen LogP contribution is -1.95. The van der Waals surface area contributed by atoms with Crippen molar-refractivity contribution in [3.05, 3.63) is 162 Å². The second-order valence-electron chi connectivity index (χ2n) is 14.3. The van der Waals surface area contributed by atoms with E-state index in [-0.39, 0.29) is 0 Å². The summed E-state index contributed by atoms with van der Waals surface area (Å²) < 4.78 is 12.6. The average Bonchev–Trinajstić information content (AvgIpc) is 3.80. The summed E-state index contributed by atoms with van der Waals surface area (Å²) in [4.78, 5) is 10.6. The molecule has 0 N–H and O–H groups in total. The molecule has 1 aliphatic carbocycles. The predicted molar refractivity (Wildman–Crippen MR) is 222 cm³/mol. The number of hydrogen-bond donors (Lipinski definition) is 0. The molecule has 0 amide bonds. The van der Waals surface area contributed by atoms with Crippen LogP contribution in [0.3, 0.4) is 0 Å². The first-order chi connectivity index (χ1) is 26.7. The van der Waals surface area contributed by atoms with Crippen LogP contribution in [0.15, 0.2) is 160 Å². The van der Waals surface area contributed by atoms with Gasteiger partial charge in [0.2, 0.25) is 0 Å². The van der Waals surface area contributed by atoms with Gasteiger partial charge in [0.15, 0.2) is 0 Å². The number of aromatic nitrogens is 2. The Balaban J connectivity index is 1.12. The van der Waals surface area contributed by atoms with E-state index in [2.05, 4.69) is 140 Å². The third-order valence-electron chi connectivity index (χ3n) is 11.2. The summed E-state index contributed by atoms with van der Waals surface area (Å²) in [7, 11) is 0. The average molecular weight is 695 g/mol. The summed E-state index contributed by atoms with van der Waals surface area (Å²) >= 11 is 0. The Labute approximate surface area is 312 Å².